The fourth-order valence-electron chi connectivity index (χ4n) is 2.27. The SMILES string of the molecule is Cl.NCC1(Cc2noc(=O)[nH]2)CCCC1. The Labute approximate surface area is 93.8 Å². The monoisotopic (exact) mass is 233 g/mol. The zero-order valence-corrected chi connectivity index (χ0v) is 9.31. The summed E-state index contributed by atoms with van der Waals surface area (Å²) in [6.07, 6.45) is 5.42. The van der Waals surface area contributed by atoms with E-state index in [2.05, 4.69) is 14.7 Å². The van der Waals surface area contributed by atoms with Crippen LogP contribution >= 0.6 is 12.4 Å². The smallest absolute Gasteiger partial charge is 0.330 e. The summed E-state index contributed by atoms with van der Waals surface area (Å²) in [5.41, 5.74) is 5.91. The fourth-order valence-corrected chi connectivity index (χ4v) is 2.27. The Morgan fingerprint density at radius 2 is 2.13 bits per heavy atom. The van der Waals surface area contributed by atoms with Gasteiger partial charge in [0.05, 0.1) is 0 Å². The van der Waals surface area contributed by atoms with Crippen LogP contribution in [-0.4, -0.2) is 16.7 Å². The fraction of sp³-hybridized carbons (Fsp3) is 0.778. The number of nitrogens with two attached hydrogens (primary N) is 1. The van der Waals surface area contributed by atoms with Gasteiger partial charge < -0.3 is 5.73 Å². The lowest BCUT2D eigenvalue weighted by Crippen LogP contribution is -2.30. The van der Waals surface area contributed by atoms with Crippen LogP contribution in [0.5, 0.6) is 0 Å². The van der Waals surface area contributed by atoms with E-state index < -0.39 is 5.76 Å². The summed E-state index contributed by atoms with van der Waals surface area (Å²) in [5.74, 6) is 0.146. The Morgan fingerprint density at radius 1 is 1.47 bits per heavy atom. The third-order valence-corrected chi connectivity index (χ3v) is 3.12. The van der Waals surface area contributed by atoms with Crippen molar-refractivity contribution >= 4 is 12.4 Å². The highest BCUT2D eigenvalue weighted by molar-refractivity contribution is 5.85. The van der Waals surface area contributed by atoms with Crippen LogP contribution in [0.25, 0.3) is 0 Å². The van der Waals surface area contributed by atoms with Crippen molar-refractivity contribution in [3.63, 3.8) is 0 Å². The van der Waals surface area contributed by atoms with Crippen molar-refractivity contribution in [2.45, 2.75) is 32.1 Å². The third-order valence-electron chi connectivity index (χ3n) is 3.12. The van der Waals surface area contributed by atoms with Crippen LogP contribution in [0.4, 0.5) is 0 Å². The van der Waals surface area contributed by atoms with Crippen LogP contribution in [0.15, 0.2) is 9.32 Å². The lowest BCUT2D eigenvalue weighted by molar-refractivity contribution is 0.292. The van der Waals surface area contributed by atoms with Crippen LogP contribution in [0.1, 0.15) is 31.5 Å². The van der Waals surface area contributed by atoms with Gasteiger partial charge in [-0.3, -0.25) is 9.51 Å². The van der Waals surface area contributed by atoms with Crippen molar-refractivity contribution < 1.29 is 4.52 Å². The second-order valence-electron chi connectivity index (χ2n) is 4.13. The predicted molar refractivity (Wildman–Crippen MR) is 58.0 cm³/mol. The molecule has 0 bridgehead atoms. The highest BCUT2D eigenvalue weighted by Gasteiger charge is 2.33. The molecule has 1 fully saturated rings. The number of aromatic amines is 1. The van der Waals surface area contributed by atoms with Crippen molar-refractivity contribution in [3.05, 3.63) is 16.4 Å². The lowest BCUT2D eigenvalue weighted by Gasteiger charge is -2.25. The molecule has 1 aromatic rings. The van der Waals surface area contributed by atoms with E-state index in [1.54, 1.807) is 0 Å². The minimum atomic E-state index is -0.481. The van der Waals surface area contributed by atoms with Gasteiger partial charge in [0.1, 0.15) is 0 Å². The van der Waals surface area contributed by atoms with E-state index >= 15 is 0 Å². The molecule has 15 heavy (non-hydrogen) atoms. The molecule has 5 nitrogen and oxygen atoms in total. The molecular weight excluding hydrogens is 218 g/mol. The molecule has 0 saturated heterocycles. The van der Waals surface area contributed by atoms with E-state index in [9.17, 15) is 4.79 Å². The van der Waals surface area contributed by atoms with E-state index in [-0.39, 0.29) is 17.8 Å². The maximum absolute atomic E-state index is 10.7. The summed E-state index contributed by atoms with van der Waals surface area (Å²) in [6, 6.07) is 0. The number of hydrogen-bond donors (Lipinski definition) is 2. The topological polar surface area (TPSA) is 84.9 Å². The molecule has 3 N–H and O–H groups in total. The van der Waals surface area contributed by atoms with E-state index in [4.69, 9.17) is 5.73 Å². The van der Waals surface area contributed by atoms with Crippen molar-refractivity contribution in [2.75, 3.05) is 6.54 Å². The molecule has 6 heteroatoms. The van der Waals surface area contributed by atoms with Gasteiger partial charge in [-0.05, 0) is 24.8 Å². The third kappa shape index (κ3) is 2.60. The molecule has 1 heterocycles. The normalized spacial score (nSPS) is 18.7. The number of nitrogens with zero attached hydrogens (tertiary/aromatic N) is 1. The number of aromatic nitrogens is 2. The first-order valence-electron chi connectivity index (χ1n) is 4.99. The number of H-pyrrole nitrogens is 1. The molecule has 1 aromatic heterocycles. The minimum Gasteiger partial charge on any atom is -0.330 e. The van der Waals surface area contributed by atoms with Gasteiger partial charge >= 0.3 is 5.76 Å². The number of halogens is 1. The number of rotatable bonds is 3. The molecule has 0 spiro atoms. The second kappa shape index (κ2) is 4.81. The average molecular weight is 234 g/mol. The van der Waals surface area contributed by atoms with E-state index in [0.717, 1.165) is 19.3 Å². The van der Waals surface area contributed by atoms with E-state index in [1.807, 2.05) is 0 Å². The first-order chi connectivity index (χ1) is 6.74. The summed E-state index contributed by atoms with van der Waals surface area (Å²) < 4.78 is 4.46. The quantitative estimate of drug-likeness (QED) is 0.811. The van der Waals surface area contributed by atoms with Crippen molar-refractivity contribution in [1.82, 2.24) is 10.1 Å². The van der Waals surface area contributed by atoms with Crippen LogP contribution in [-0.2, 0) is 6.42 Å². The van der Waals surface area contributed by atoms with Crippen molar-refractivity contribution in [1.29, 1.82) is 0 Å². The predicted octanol–water partition coefficient (Wildman–Crippen LogP) is 0.846. The van der Waals surface area contributed by atoms with Gasteiger partial charge in [-0.1, -0.05) is 18.0 Å². The Morgan fingerprint density at radius 3 is 2.60 bits per heavy atom. The van der Waals surface area contributed by atoms with Crippen LogP contribution in [0, 0.1) is 5.41 Å². The van der Waals surface area contributed by atoms with Gasteiger partial charge in [0.2, 0.25) is 0 Å². The van der Waals surface area contributed by atoms with Gasteiger partial charge in [0.15, 0.2) is 5.82 Å². The average Bonchev–Trinajstić information content (AvgIpc) is 2.77. The van der Waals surface area contributed by atoms with Crippen molar-refractivity contribution in [3.8, 4) is 0 Å². The molecule has 0 aromatic carbocycles. The summed E-state index contributed by atoms with van der Waals surface area (Å²) in [7, 11) is 0. The van der Waals surface area contributed by atoms with Crippen LogP contribution < -0.4 is 11.5 Å². The lowest BCUT2D eigenvalue weighted by atomic mass is 9.82. The van der Waals surface area contributed by atoms with Crippen LogP contribution in [0.2, 0.25) is 0 Å². The Hall–Kier alpha value is -0.810. The molecule has 0 aliphatic heterocycles. The molecule has 86 valence electrons. The Balaban J connectivity index is 0.00000112. The highest BCUT2D eigenvalue weighted by Crippen LogP contribution is 2.39. The largest absolute Gasteiger partial charge is 0.438 e. The maximum Gasteiger partial charge on any atom is 0.438 e. The zero-order valence-electron chi connectivity index (χ0n) is 8.49. The summed E-state index contributed by atoms with van der Waals surface area (Å²) in [4.78, 5) is 13.3. The minimum absolute atomic E-state index is 0. The molecule has 0 unspecified atom stereocenters. The standard InChI is InChI=1S/C9H15N3O2.ClH/c10-6-9(3-1-2-4-9)5-7-11-8(13)14-12-7;/h1-6,10H2,(H,11,12,13);1H. The van der Waals surface area contributed by atoms with Crippen LogP contribution in [0.3, 0.4) is 0 Å². The van der Waals surface area contributed by atoms with Crippen molar-refractivity contribution in [2.24, 2.45) is 11.1 Å². The molecule has 1 saturated carbocycles. The molecule has 0 radical (unpaired) electrons. The number of hydrogen-bond acceptors (Lipinski definition) is 4. The van der Waals surface area contributed by atoms with Gasteiger partial charge in [-0.15, -0.1) is 12.4 Å². The first kappa shape index (κ1) is 12.3. The summed E-state index contributed by atoms with van der Waals surface area (Å²) in [6.45, 7) is 0.655. The van der Waals surface area contributed by atoms with Gasteiger partial charge in [-0.25, -0.2) is 4.79 Å². The zero-order chi connectivity index (χ0) is 10.0. The number of nitrogens with one attached hydrogen (secondary N) is 1. The molecule has 1 aliphatic rings. The summed E-state index contributed by atoms with van der Waals surface area (Å²) in [5, 5.41) is 3.67. The van der Waals surface area contributed by atoms with E-state index in [1.165, 1.54) is 12.8 Å². The maximum atomic E-state index is 10.7. The Kier molecular flexibility index (Phi) is 3.93. The molecule has 0 atom stereocenters. The van der Waals surface area contributed by atoms with Gasteiger partial charge in [0, 0.05) is 6.42 Å². The van der Waals surface area contributed by atoms with Gasteiger partial charge in [0.25, 0.3) is 0 Å². The first-order valence-corrected chi connectivity index (χ1v) is 4.99. The van der Waals surface area contributed by atoms with Gasteiger partial charge in [-0.2, -0.15) is 0 Å². The Bertz CT molecular complexity index is 354. The molecular formula is C9H16ClN3O2. The van der Waals surface area contributed by atoms with E-state index in [0.29, 0.717) is 12.4 Å². The highest BCUT2D eigenvalue weighted by atomic mass is 35.5. The second-order valence-corrected chi connectivity index (χ2v) is 4.13. The molecule has 0 amide bonds. The molecule has 2 rings (SSSR count). The summed E-state index contributed by atoms with van der Waals surface area (Å²) >= 11 is 0. The molecule has 1 aliphatic carbocycles.